The summed E-state index contributed by atoms with van der Waals surface area (Å²) in [6, 6.07) is 14.7. The summed E-state index contributed by atoms with van der Waals surface area (Å²) >= 11 is 0. The van der Waals surface area contributed by atoms with E-state index in [2.05, 4.69) is 35.6 Å². The first-order valence-electron chi connectivity index (χ1n) is 5.85. The molecule has 1 aliphatic rings. The number of hydrogen-bond acceptors (Lipinski definition) is 2. The molecule has 0 amide bonds. The van der Waals surface area contributed by atoms with E-state index in [1.54, 1.807) is 7.11 Å². The number of ether oxygens (including phenoxy) is 1. The Kier molecular flexibility index (Phi) is 3.90. The molecule has 0 fully saturated rings. The van der Waals surface area contributed by atoms with Gasteiger partial charge in [-0.3, -0.25) is 0 Å². The van der Waals surface area contributed by atoms with Gasteiger partial charge < -0.3 is 10.1 Å². The predicted octanol–water partition coefficient (Wildman–Crippen LogP) is 3.39. The van der Waals surface area contributed by atoms with Gasteiger partial charge in [-0.1, -0.05) is 36.4 Å². The van der Waals surface area contributed by atoms with Crippen LogP contribution in [0.3, 0.4) is 0 Å². The number of para-hydroxylation sites is 1. The average molecular weight is 262 g/mol. The molecule has 0 atom stereocenters. The third-order valence-electron chi connectivity index (χ3n) is 3.29. The molecule has 2 aromatic rings. The number of nitrogens with one attached hydrogen (secondary N) is 1. The lowest BCUT2D eigenvalue weighted by atomic mass is 9.96. The van der Waals surface area contributed by atoms with Gasteiger partial charge in [-0.05, 0) is 22.8 Å². The molecule has 0 aromatic heterocycles. The van der Waals surface area contributed by atoms with E-state index in [4.69, 9.17) is 4.74 Å². The molecule has 1 heterocycles. The van der Waals surface area contributed by atoms with Crippen LogP contribution in [0, 0.1) is 0 Å². The lowest BCUT2D eigenvalue weighted by Crippen LogP contribution is -2.00. The first-order chi connectivity index (χ1) is 8.40. The highest BCUT2D eigenvalue weighted by Crippen LogP contribution is 2.34. The fraction of sp³-hybridized carbons (Fsp3) is 0.200. The molecule has 2 nitrogen and oxygen atoms in total. The second-order valence-corrected chi connectivity index (χ2v) is 4.25. The minimum absolute atomic E-state index is 0. The van der Waals surface area contributed by atoms with E-state index in [-0.39, 0.29) is 12.4 Å². The van der Waals surface area contributed by atoms with Crippen molar-refractivity contribution in [3.63, 3.8) is 0 Å². The van der Waals surface area contributed by atoms with Crippen molar-refractivity contribution in [3.05, 3.63) is 53.6 Å². The molecule has 0 radical (unpaired) electrons. The second kappa shape index (κ2) is 5.42. The Balaban J connectivity index is 0.00000120. The second-order valence-electron chi connectivity index (χ2n) is 4.25. The maximum Gasteiger partial charge on any atom is 0.126 e. The van der Waals surface area contributed by atoms with Crippen LogP contribution >= 0.6 is 12.4 Å². The molecule has 0 aliphatic carbocycles. The number of fused-ring (bicyclic) bond motifs is 1. The van der Waals surface area contributed by atoms with Gasteiger partial charge in [0.05, 0.1) is 7.11 Å². The third-order valence-corrected chi connectivity index (χ3v) is 3.29. The largest absolute Gasteiger partial charge is 0.496 e. The Hall–Kier alpha value is -1.51. The molecule has 1 aliphatic heterocycles. The van der Waals surface area contributed by atoms with Crippen molar-refractivity contribution in [2.24, 2.45) is 0 Å². The summed E-state index contributed by atoms with van der Waals surface area (Å²) in [5.41, 5.74) is 5.26. The molecule has 18 heavy (non-hydrogen) atoms. The minimum Gasteiger partial charge on any atom is -0.496 e. The van der Waals surface area contributed by atoms with Crippen molar-refractivity contribution in [2.45, 2.75) is 13.1 Å². The number of rotatable bonds is 2. The zero-order chi connectivity index (χ0) is 11.7. The number of benzene rings is 2. The van der Waals surface area contributed by atoms with Gasteiger partial charge in [-0.25, -0.2) is 0 Å². The number of halogens is 1. The quantitative estimate of drug-likeness (QED) is 0.895. The van der Waals surface area contributed by atoms with Crippen LogP contribution in [0.4, 0.5) is 0 Å². The Labute approximate surface area is 113 Å². The zero-order valence-electron chi connectivity index (χ0n) is 10.3. The van der Waals surface area contributed by atoms with Crippen molar-refractivity contribution < 1.29 is 4.74 Å². The zero-order valence-corrected chi connectivity index (χ0v) is 11.1. The molecular weight excluding hydrogens is 246 g/mol. The number of hydrogen-bond donors (Lipinski definition) is 1. The third kappa shape index (κ3) is 2.09. The van der Waals surface area contributed by atoms with Crippen LogP contribution in [0.15, 0.2) is 42.5 Å². The molecule has 2 aromatic carbocycles. The maximum absolute atomic E-state index is 5.44. The van der Waals surface area contributed by atoms with E-state index in [9.17, 15) is 0 Å². The van der Waals surface area contributed by atoms with Gasteiger partial charge >= 0.3 is 0 Å². The molecule has 3 rings (SSSR count). The molecule has 94 valence electrons. The van der Waals surface area contributed by atoms with E-state index in [1.807, 2.05) is 12.1 Å². The lowest BCUT2D eigenvalue weighted by molar-refractivity contribution is 0.416. The fourth-order valence-corrected chi connectivity index (χ4v) is 2.45. The van der Waals surface area contributed by atoms with Gasteiger partial charge in [0.1, 0.15) is 5.75 Å². The van der Waals surface area contributed by atoms with E-state index in [0.717, 1.165) is 18.8 Å². The van der Waals surface area contributed by atoms with E-state index >= 15 is 0 Å². The van der Waals surface area contributed by atoms with Gasteiger partial charge in [0.15, 0.2) is 0 Å². The minimum atomic E-state index is 0. The van der Waals surface area contributed by atoms with Crippen molar-refractivity contribution >= 4 is 12.4 Å². The summed E-state index contributed by atoms with van der Waals surface area (Å²) in [6.45, 7) is 1.92. The first kappa shape index (κ1) is 12.9. The van der Waals surface area contributed by atoms with Gasteiger partial charge in [0, 0.05) is 18.7 Å². The summed E-state index contributed by atoms with van der Waals surface area (Å²) in [4.78, 5) is 0. The fourth-order valence-electron chi connectivity index (χ4n) is 2.45. The van der Waals surface area contributed by atoms with Crippen LogP contribution in [0.5, 0.6) is 5.75 Å². The van der Waals surface area contributed by atoms with E-state index < -0.39 is 0 Å². The van der Waals surface area contributed by atoms with Gasteiger partial charge in [-0.2, -0.15) is 0 Å². The Morgan fingerprint density at radius 1 is 0.944 bits per heavy atom. The Bertz CT molecular complexity index is 554. The average Bonchev–Trinajstić information content (AvgIpc) is 2.86. The lowest BCUT2D eigenvalue weighted by Gasteiger charge is -2.11. The van der Waals surface area contributed by atoms with Gasteiger partial charge in [0.25, 0.3) is 0 Å². The molecule has 1 N–H and O–H groups in total. The van der Waals surface area contributed by atoms with Gasteiger partial charge in [0.2, 0.25) is 0 Å². The summed E-state index contributed by atoms with van der Waals surface area (Å²) in [5, 5.41) is 3.39. The molecule has 0 saturated carbocycles. The standard InChI is InChI=1S/C15H15NO.ClH/c1-17-15-8-3-2-6-13(15)12-7-4-5-11-9-16-10-14(11)12;/h2-8,16H,9-10H2,1H3;1H. The van der Waals surface area contributed by atoms with Crippen molar-refractivity contribution in [3.8, 4) is 16.9 Å². The Morgan fingerprint density at radius 2 is 1.72 bits per heavy atom. The molecule has 0 unspecified atom stereocenters. The molecular formula is C15H16ClNO. The van der Waals surface area contributed by atoms with Crippen LogP contribution < -0.4 is 10.1 Å². The molecule has 0 spiro atoms. The van der Waals surface area contributed by atoms with Crippen molar-refractivity contribution in [1.29, 1.82) is 0 Å². The van der Waals surface area contributed by atoms with Crippen molar-refractivity contribution in [1.82, 2.24) is 5.32 Å². The molecule has 0 saturated heterocycles. The van der Waals surface area contributed by atoms with Crippen LogP contribution in [0.25, 0.3) is 11.1 Å². The van der Waals surface area contributed by atoms with Gasteiger partial charge in [-0.15, -0.1) is 12.4 Å². The maximum atomic E-state index is 5.44. The van der Waals surface area contributed by atoms with Crippen LogP contribution in [0.1, 0.15) is 11.1 Å². The van der Waals surface area contributed by atoms with Crippen molar-refractivity contribution in [2.75, 3.05) is 7.11 Å². The van der Waals surface area contributed by atoms with Crippen LogP contribution in [-0.2, 0) is 13.1 Å². The summed E-state index contributed by atoms with van der Waals surface area (Å²) in [5.74, 6) is 0.938. The summed E-state index contributed by atoms with van der Waals surface area (Å²) in [6.07, 6.45) is 0. The summed E-state index contributed by atoms with van der Waals surface area (Å²) in [7, 11) is 1.72. The number of methoxy groups -OCH3 is 1. The highest BCUT2D eigenvalue weighted by Gasteiger charge is 2.16. The van der Waals surface area contributed by atoms with Crippen LogP contribution in [-0.4, -0.2) is 7.11 Å². The first-order valence-corrected chi connectivity index (χ1v) is 5.85. The van der Waals surface area contributed by atoms with E-state index in [1.165, 1.54) is 22.3 Å². The molecule has 3 heteroatoms. The smallest absolute Gasteiger partial charge is 0.126 e. The molecule has 0 bridgehead atoms. The monoisotopic (exact) mass is 261 g/mol. The highest BCUT2D eigenvalue weighted by molar-refractivity contribution is 5.85. The topological polar surface area (TPSA) is 21.3 Å². The SMILES string of the molecule is COc1ccccc1-c1cccc2c1CNC2.Cl. The van der Waals surface area contributed by atoms with Crippen LogP contribution in [0.2, 0.25) is 0 Å². The Morgan fingerprint density at radius 3 is 2.56 bits per heavy atom. The normalized spacial score (nSPS) is 12.7. The predicted molar refractivity (Wildman–Crippen MR) is 76.2 cm³/mol. The van der Waals surface area contributed by atoms with E-state index in [0.29, 0.717) is 0 Å². The highest BCUT2D eigenvalue weighted by atomic mass is 35.5. The summed E-state index contributed by atoms with van der Waals surface area (Å²) < 4.78 is 5.44.